The van der Waals surface area contributed by atoms with Crippen molar-refractivity contribution in [2.75, 3.05) is 7.11 Å². The Labute approximate surface area is 148 Å². The van der Waals surface area contributed by atoms with E-state index < -0.39 is 0 Å². The molecule has 2 aromatic rings. The van der Waals surface area contributed by atoms with Crippen molar-refractivity contribution >= 4 is 39.5 Å². The van der Waals surface area contributed by atoms with Gasteiger partial charge in [-0.2, -0.15) is 5.10 Å². The lowest BCUT2D eigenvalue weighted by Gasteiger charge is -2.08. The number of benzene rings is 2. The first-order chi connectivity index (χ1) is 11.1. The Bertz CT molecular complexity index is 708. The van der Waals surface area contributed by atoms with Gasteiger partial charge in [-0.15, -0.1) is 0 Å². The minimum absolute atomic E-state index is 0.0534. The minimum Gasteiger partial charge on any atom is -0.503 e. The third-order valence-electron chi connectivity index (χ3n) is 2.95. The van der Waals surface area contributed by atoms with Gasteiger partial charge in [-0.3, -0.25) is 5.43 Å². The van der Waals surface area contributed by atoms with E-state index in [1.165, 1.54) is 7.11 Å². The van der Waals surface area contributed by atoms with Crippen LogP contribution in [0.5, 0.6) is 11.5 Å². The van der Waals surface area contributed by atoms with Gasteiger partial charge in [0.05, 0.1) is 17.8 Å². The molecule has 0 radical (unpaired) electrons. The highest BCUT2D eigenvalue weighted by atomic mass is 79.9. The summed E-state index contributed by atoms with van der Waals surface area (Å²) in [5.74, 6) is 0.420. The number of methoxy groups -OCH3 is 1. The zero-order valence-electron chi connectivity index (χ0n) is 12.4. The molecule has 0 saturated carbocycles. The Kier molecular flexibility index (Phi) is 6.37. The van der Waals surface area contributed by atoms with Crippen LogP contribution in [0.25, 0.3) is 0 Å². The van der Waals surface area contributed by atoms with Gasteiger partial charge in [-0.05, 0) is 51.4 Å². The maximum atomic E-state index is 9.75. The fourth-order valence-corrected chi connectivity index (χ4v) is 2.39. The Hall–Kier alpha value is -2.12. The Morgan fingerprint density at radius 2 is 2.09 bits per heavy atom. The number of hydrogen-bond acceptors (Lipinski definition) is 4. The van der Waals surface area contributed by atoms with Gasteiger partial charge in [0.25, 0.3) is 0 Å². The lowest BCUT2D eigenvalue weighted by atomic mass is 10.2. The third-order valence-corrected chi connectivity index (χ3v) is 3.79. The fraction of sp³-hybridized carbons (Fsp3) is 0.125. The predicted molar refractivity (Wildman–Crippen MR) is 99.0 cm³/mol. The van der Waals surface area contributed by atoms with Crippen molar-refractivity contribution in [3.8, 4) is 11.5 Å². The van der Waals surface area contributed by atoms with E-state index in [2.05, 4.69) is 31.8 Å². The maximum Gasteiger partial charge on any atom is 0.187 e. The van der Waals surface area contributed by atoms with Crippen LogP contribution in [0.4, 0.5) is 0 Å². The average molecular weight is 394 g/mol. The van der Waals surface area contributed by atoms with Gasteiger partial charge in [0.2, 0.25) is 0 Å². The standard InChI is InChI=1S/C16H16BrN3O2S/c1-22-14-8-12(7-13(17)15(14)21)10-19-20-16(23)18-9-11-5-3-2-4-6-11/h2-8,10,21H,9H2,1H3,(H2,18,20,23)/b19-10+. The number of thiocarbonyl (C=S) groups is 1. The van der Waals surface area contributed by atoms with Crippen LogP contribution in [0.2, 0.25) is 0 Å². The zero-order chi connectivity index (χ0) is 16.7. The van der Waals surface area contributed by atoms with Crippen LogP contribution in [-0.4, -0.2) is 23.5 Å². The quantitative estimate of drug-likeness (QED) is 0.413. The van der Waals surface area contributed by atoms with Crippen molar-refractivity contribution in [1.82, 2.24) is 10.7 Å². The summed E-state index contributed by atoms with van der Waals surface area (Å²) in [4.78, 5) is 0. The summed E-state index contributed by atoms with van der Waals surface area (Å²) in [6.45, 7) is 0.626. The smallest absolute Gasteiger partial charge is 0.187 e. The molecular weight excluding hydrogens is 378 g/mol. The van der Waals surface area contributed by atoms with Gasteiger partial charge in [0.1, 0.15) is 0 Å². The second-order valence-electron chi connectivity index (χ2n) is 4.59. The molecular formula is C16H16BrN3O2S. The van der Waals surface area contributed by atoms with Crippen LogP contribution in [0, 0.1) is 0 Å². The van der Waals surface area contributed by atoms with E-state index in [1.54, 1.807) is 18.3 Å². The SMILES string of the molecule is COc1cc(/C=N/NC(=S)NCc2ccccc2)cc(Br)c1O. The Morgan fingerprint density at radius 3 is 2.78 bits per heavy atom. The van der Waals surface area contributed by atoms with Crippen LogP contribution in [-0.2, 0) is 6.54 Å². The second-order valence-corrected chi connectivity index (χ2v) is 5.85. The first-order valence-corrected chi connectivity index (χ1v) is 7.97. The summed E-state index contributed by atoms with van der Waals surface area (Å²) in [7, 11) is 1.49. The number of phenolic OH excluding ortho intramolecular Hbond substituents is 1. The summed E-state index contributed by atoms with van der Waals surface area (Å²) in [6, 6.07) is 13.3. The summed E-state index contributed by atoms with van der Waals surface area (Å²) >= 11 is 8.41. The van der Waals surface area contributed by atoms with Crippen molar-refractivity contribution in [3.63, 3.8) is 0 Å². The lowest BCUT2D eigenvalue weighted by molar-refractivity contribution is 0.372. The van der Waals surface area contributed by atoms with E-state index >= 15 is 0 Å². The van der Waals surface area contributed by atoms with E-state index in [-0.39, 0.29) is 5.75 Å². The molecule has 2 rings (SSSR count). The highest BCUT2D eigenvalue weighted by Gasteiger charge is 2.07. The summed E-state index contributed by atoms with van der Waals surface area (Å²) < 4.78 is 5.61. The number of hydrogen-bond donors (Lipinski definition) is 3. The number of hydrazone groups is 1. The van der Waals surface area contributed by atoms with E-state index in [9.17, 15) is 5.11 Å². The topological polar surface area (TPSA) is 65.9 Å². The fourth-order valence-electron chi connectivity index (χ4n) is 1.81. The van der Waals surface area contributed by atoms with Gasteiger partial charge < -0.3 is 15.2 Å². The van der Waals surface area contributed by atoms with Crippen LogP contribution < -0.4 is 15.5 Å². The van der Waals surface area contributed by atoms with E-state index in [1.807, 2.05) is 30.3 Å². The molecule has 2 aromatic carbocycles. The molecule has 0 spiro atoms. The first kappa shape index (κ1) is 17.2. The summed E-state index contributed by atoms with van der Waals surface area (Å²) in [5.41, 5.74) is 4.63. The largest absolute Gasteiger partial charge is 0.503 e. The van der Waals surface area contributed by atoms with E-state index in [0.717, 1.165) is 11.1 Å². The van der Waals surface area contributed by atoms with Crippen LogP contribution in [0.1, 0.15) is 11.1 Å². The molecule has 0 aliphatic carbocycles. The predicted octanol–water partition coefficient (Wildman–Crippen LogP) is 3.16. The first-order valence-electron chi connectivity index (χ1n) is 6.77. The van der Waals surface area contributed by atoms with E-state index in [0.29, 0.717) is 21.9 Å². The molecule has 23 heavy (non-hydrogen) atoms. The molecule has 5 nitrogen and oxygen atoms in total. The molecule has 0 aromatic heterocycles. The van der Waals surface area contributed by atoms with Crippen molar-refractivity contribution in [2.45, 2.75) is 6.54 Å². The van der Waals surface area contributed by atoms with Crippen molar-refractivity contribution < 1.29 is 9.84 Å². The van der Waals surface area contributed by atoms with Crippen LogP contribution in [0.3, 0.4) is 0 Å². The molecule has 0 heterocycles. The normalized spacial score (nSPS) is 10.5. The molecule has 120 valence electrons. The molecule has 0 aliphatic rings. The van der Waals surface area contributed by atoms with Gasteiger partial charge in [0, 0.05) is 6.54 Å². The number of nitrogens with one attached hydrogen (secondary N) is 2. The number of ether oxygens (including phenoxy) is 1. The zero-order valence-corrected chi connectivity index (χ0v) is 14.8. The van der Waals surface area contributed by atoms with Crippen molar-refractivity contribution in [2.24, 2.45) is 5.10 Å². The highest BCUT2D eigenvalue weighted by molar-refractivity contribution is 9.10. The number of phenols is 1. The molecule has 0 saturated heterocycles. The second kappa shape index (κ2) is 8.50. The Balaban J connectivity index is 1.89. The minimum atomic E-state index is 0.0534. The summed E-state index contributed by atoms with van der Waals surface area (Å²) in [5, 5.41) is 17.3. The lowest BCUT2D eigenvalue weighted by Crippen LogP contribution is -2.31. The van der Waals surface area contributed by atoms with Crippen LogP contribution in [0.15, 0.2) is 52.0 Å². The maximum absolute atomic E-state index is 9.75. The number of rotatable bonds is 5. The average Bonchev–Trinajstić information content (AvgIpc) is 2.57. The number of halogens is 1. The number of aromatic hydroxyl groups is 1. The summed E-state index contributed by atoms with van der Waals surface area (Å²) in [6.07, 6.45) is 1.59. The highest BCUT2D eigenvalue weighted by Crippen LogP contribution is 2.34. The number of nitrogens with zero attached hydrogens (tertiary/aromatic N) is 1. The Morgan fingerprint density at radius 1 is 1.35 bits per heavy atom. The van der Waals surface area contributed by atoms with Crippen molar-refractivity contribution in [3.05, 3.63) is 58.1 Å². The third kappa shape index (κ3) is 5.22. The van der Waals surface area contributed by atoms with Gasteiger partial charge in [0.15, 0.2) is 16.6 Å². The molecule has 0 aliphatic heterocycles. The van der Waals surface area contributed by atoms with Gasteiger partial charge >= 0.3 is 0 Å². The van der Waals surface area contributed by atoms with E-state index in [4.69, 9.17) is 17.0 Å². The monoisotopic (exact) mass is 393 g/mol. The molecule has 0 atom stereocenters. The molecule has 0 bridgehead atoms. The molecule has 0 amide bonds. The molecule has 3 N–H and O–H groups in total. The van der Waals surface area contributed by atoms with Gasteiger partial charge in [-0.25, -0.2) is 0 Å². The van der Waals surface area contributed by atoms with Crippen LogP contribution >= 0.6 is 28.1 Å². The molecule has 0 fully saturated rings. The van der Waals surface area contributed by atoms with Gasteiger partial charge in [-0.1, -0.05) is 30.3 Å². The van der Waals surface area contributed by atoms with Crippen molar-refractivity contribution in [1.29, 1.82) is 0 Å². The molecule has 0 unspecified atom stereocenters. The molecule has 7 heteroatoms.